The van der Waals surface area contributed by atoms with Crippen molar-refractivity contribution in [1.29, 1.82) is 0 Å². The molecule has 2 aliphatic rings. The summed E-state index contributed by atoms with van der Waals surface area (Å²) in [4.78, 5) is 27.7. The molecule has 2 atom stereocenters. The minimum absolute atomic E-state index is 0.119. The number of hydrogen-bond acceptors (Lipinski definition) is 4. The van der Waals surface area contributed by atoms with Gasteiger partial charge in [-0.15, -0.1) is 0 Å². The Morgan fingerprint density at radius 3 is 2.82 bits per heavy atom. The minimum Gasteiger partial charge on any atom is -0.497 e. The maximum atomic E-state index is 13.2. The summed E-state index contributed by atoms with van der Waals surface area (Å²) in [7, 11) is 1.61. The zero-order valence-electron chi connectivity index (χ0n) is 19.4. The van der Waals surface area contributed by atoms with Crippen molar-refractivity contribution in [2.75, 3.05) is 12.0 Å². The average molecular weight is 458 g/mol. The quantitative estimate of drug-likeness (QED) is 0.582. The molecule has 2 aliphatic heterocycles. The number of benzene rings is 3. The van der Waals surface area contributed by atoms with E-state index in [0.29, 0.717) is 24.2 Å². The van der Waals surface area contributed by atoms with Crippen molar-refractivity contribution >= 4 is 17.6 Å². The smallest absolute Gasteiger partial charge is 0.325 e. The first-order chi connectivity index (χ1) is 16.4. The third-order valence-electron chi connectivity index (χ3n) is 6.38. The summed E-state index contributed by atoms with van der Waals surface area (Å²) in [6, 6.07) is 20.2. The van der Waals surface area contributed by atoms with Gasteiger partial charge in [0.25, 0.3) is 5.91 Å². The van der Waals surface area contributed by atoms with E-state index in [4.69, 9.17) is 9.47 Å². The van der Waals surface area contributed by atoms with Crippen molar-refractivity contribution in [1.82, 2.24) is 10.6 Å². The van der Waals surface area contributed by atoms with Crippen molar-refractivity contribution in [2.45, 2.75) is 38.6 Å². The van der Waals surface area contributed by atoms with Gasteiger partial charge in [0.05, 0.1) is 18.8 Å². The highest BCUT2D eigenvalue weighted by molar-refractivity contribution is 5.99. The molecule has 34 heavy (non-hydrogen) atoms. The van der Waals surface area contributed by atoms with Crippen LogP contribution in [0.3, 0.4) is 0 Å². The minimum atomic E-state index is -0.870. The largest absolute Gasteiger partial charge is 0.497 e. The van der Waals surface area contributed by atoms with Crippen LogP contribution in [0.1, 0.15) is 46.4 Å². The standard InChI is InChI=1S/C27H27N3O4/c1-17-10-11-24-22(12-17)23-15-27(2,34-24)30(26(32)29-23)20-8-5-7-19(14-20)25(31)28-16-18-6-4-9-21(13-18)33-3/h4-14,23H,15-16H2,1-3H3,(H,28,31)(H,29,32). The molecule has 2 unspecified atom stereocenters. The molecule has 1 fully saturated rings. The molecule has 2 N–H and O–H groups in total. The number of fused-ring (bicyclic) bond motifs is 4. The van der Waals surface area contributed by atoms with E-state index in [-0.39, 0.29) is 18.0 Å². The first-order valence-electron chi connectivity index (χ1n) is 11.3. The van der Waals surface area contributed by atoms with Gasteiger partial charge in [-0.3, -0.25) is 9.69 Å². The Labute approximate surface area is 198 Å². The summed E-state index contributed by atoms with van der Waals surface area (Å²) in [6.07, 6.45) is 0.599. The summed E-state index contributed by atoms with van der Waals surface area (Å²) in [5, 5.41) is 6.04. The molecule has 3 amide bonds. The second-order valence-electron chi connectivity index (χ2n) is 8.94. The van der Waals surface area contributed by atoms with Gasteiger partial charge in [0.1, 0.15) is 11.5 Å². The lowest BCUT2D eigenvalue weighted by Crippen LogP contribution is -2.65. The van der Waals surface area contributed by atoms with Crippen LogP contribution >= 0.6 is 0 Å². The number of hydrogen-bond donors (Lipinski definition) is 2. The van der Waals surface area contributed by atoms with Crippen molar-refractivity contribution in [3.8, 4) is 11.5 Å². The van der Waals surface area contributed by atoms with E-state index in [1.54, 1.807) is 30.2 Å². The van der Waals surface area contributed by atoms with E-state index in [0.717, 1.165) is 28.2 Å². The Kier molecular flexibility index (Phi) is 5.40. The normalized spacial score (nSPS) is 20.6. The SMILES string of the molecule is COc1cccc(CNC(=O)c2cccc(N3C(=O)NC4CC3(C)Oc3ccc(C)cc34)c2)c1. The Morgan fingerprint density at radius 2 is 2.00 bits per heavy atom. The van der Waals surface area contributed by atoms with Crippen LogP contribution in [-0.4, -0.2) is 24.8 Å². The third kappa shape index (κ3) is 3.94. The molecule has 0 spiro atoms. The average Bonchev–Trinajstić information content (AvgIpc) is 2.83. The fraction of sp³-hybridized carbons (Fsp3) is 0.259. The third-order valence-corrected chi connectivity index (χ3v) is 6.38. The number of methoxy groups -OCH3 is 1. The lowest BCUT2D eigenvalue weighted by molar-refractivity contribution is 0.0378. The number of rotatable bonds is 5. The van der Waals surface area contributed by atoms with Crippen LogP contribution in [-0.2, 0) is 6.54 Å². The number of urea groups is 1. The van der Waals surface area contributed by atoms with Crippen molar-refractivity contribution in [3.05, 3.63) is 89.0 Å². The molecule has 7 heteroatoms. The van der Waals surface area contributed by atoms with Gasteiger partial charge in [0.2, 0.25) is 0 Å². The van der Waals surface area contributed by atoms with Gasteiger partial charge in [0.15, 0.2) is 5.72 Å². The second-order valence-corrected chi connectivity index (χ2v) is 8.94. The van der Waals surface area contributed by atoms with Crippen molar-refractivity contribution < 1.29 is 19.1 Å². The van der Waals surface area contributed by atoms with E-state index in [2.05, 4.69) is 16.7 Å². The molecule has 1 saturated heterocycles. The van der Waals surface area contributed by atoms with Gasteiger partial charge in [0, 0.05) is 24.1 Å². The molecule has 0 saturated carbocycles. The summed E-state index contributed by atoms with van der Waals surface area (Å²) < 4.78 is 11.6. The predicted octanol–water partition coefficient (Wildman–Crippen LogP) is 4.70. The van der Waals surface area contributed by atoms with Gasteiger partial charge in [-0.25, -0.2) is 4.79 Å². The van der Waals surface area contributed by atoms with Crippen LogP contribution in [0.15, 0.2) is 66.7 Å². The number of ether oxygens (including phenoxy) is 2. The number of anilines is 1. The number of carbonyl (C=O) groups is 2. The molecule has 0 radical (unpaired) electrons. The van der Waals surface area contributed by atoms with Gasteiger partial charge in [-0.2, -0.15) is 0 Å². The Bertz CT molecular complexity index is 1270. The van der Waals surface area contributed by atoms with Crippen molar-refractivity contribution in [2.24, 2.45) is 0 Å². The molecular formula is C27H27N3O4. The molecule has 5 rings (SSSR count). The fourth-order valence-corrected chi connectivity index (χ4v) is 4.74. The molecule has 7 nitrogen and oxygen atoms in total. The zero-order chi connectivity index (χ0) is 23.9. The topological polar surface area (TPSA) is 79.9 Å². The Morgan fingerprint density at radius 1 is 1.18 bits per heavy atom. The summed E-state index contributed by atoms with van der Waals surface area (Å²) in [6.45, 7) is 4.30. The molecular weight excluding hydrogens is 430 g/mol. The summed E-state index contributed by atoms with van der Waals surface area (Å²) in [5.74, 6) is 1.28. The van der Waals surface area contributed by atoms with Crippen LogP contribution < -0.4 is 25.0 Å². The fourth-order valence-electron chi connectivity index (χ4n) is 4.74. The van der Waals surface area contributed by atoms with Crippen LogP contribution in [0.25, 0.3) is 0 Å². The van der Waals surface area contributed by atoms with Crippen LogP contribution in [0.4, 0.5) is 10.5 Å². The van der Waals surface area contributed by atoms with Crippen molar-refractivity contribution in [3.63, 3.8) is 0 Å². The maximum absolute atomic E-state index is 13.2. The van der Waals surface area contributed by atoms with Crippen LogP contribution in [0.5, 0.6) is 11.5 Å². The molecule has 0 aliphatic carbocycles. The van der Waals surface area contributed by atoms with Gasteiger partial charge < -0.3 is 20.1 Å². The highest BCUT2D eigenvalue weighted by atomic mass is 16.5. The molecule has 2 bridgehead atoms. The lowest BCUT2D eigenvalue weighted by Gasteiger charge is -2.50. The second kappa shape index (κ2) is 8.41. The highest BCUT2D eigenvalue weighted by Gasteiger charge is 2.49. The maximum Gasteiger partial charge on any atom is 0.325 e. The monoisotopic (exact) mass is 457 g/mol. The molecule has 0 aromatic heterocycles. The van der Waals surface area contributed by atoms with Crippen LogP contribution in [0, 0.1) is 6.92 Å². The predicted molar refractivity (Wildman–Crippen MR) is 129 cm³/mol. The summed E-state index contributed by atoms with van der Waals surface area (Å²) >= 11 is 0. The molecule has 2 heterocycles. The molecule has 3 aromatic rings. The Balaban J connectivity index is 1.38. The first-order valence-corrected chi connectivity index (χ1v) is 11.3. The zero-order valence-corrected chi connectivity index (χ0v) is 19.4. The number of aryl methyl sites for hydroxylation is 1. The number of amides is 3. The lowest BCUT2D eigenvalue weighted by atomic mass is 9.89. The summed E-state index contributed by atoms with van der Waals surface area (Å²) in [5.41, 5.74) is 3.24. The van der Waals surface area contributed by atoms with Gasteiger partial charge >= 0.3 is 6.03 Å². The number of nitrogens with one attached hydrogen (secondary N) is 2. The van der Waals surface area contributed by atoms with E-state index >= 15 is 0 Å². The van der Waals surface area contributed by atoms with E-state index in [9.17, 15) is 9.59 Å². The van der Waals surface area contributed by atoms with Crippen LogP contribution in [0.2, 0.25) is 0 Å². The number of carbonyl (C=O) groups excluding carboxylic acids is 2. The first kappa shape index (κ1) is 21.8. The van der Waals surface area contributed by atoms with Gasteiger partial charge in [-0.1, -0.05) is 35.9 Å². The van der Waals surface area contributed by atoms with E-state index in [1.165, 1.54) is 0 Å². The Hall–Kier alpha value is -4.00. The highest BCUT2D eigenvalue weighted by Crippen LogP contribution is 2.45. The van der Waals surface area contributed by atoms with E-state index in [1.807, 2.05) is 56.3 Å². The molecule has 174 valence electrons. The molecule has 3 aromatic carbocycles. The van der Waals surface area contributed by atoms with Gasteiger partial charge in [-0.05, 0) is 55.8 Å². The van der Waals surface area contributed by atoms with E-state index < -0.39 is 5.72 Å². The number of nitrogens with zero attached hydrogens (tertiary/aromatic N) is 1.